The summed E-state index contributed by atoms with van der Waals surface area (Å²) in [6.45, 7) is 2.03. The monoisotopic (exact) mass is 586 g/mol. The number of ether oxygens (including phenoxy) is 1. The summed E-state index contributed by atoms with van der Waals surface area (Å²) in [6, 6.07) is 0.588. The van der Waals surface area contributed by atoms with Crippen molar-refractivity contribution in [1.29, 1.82) is 0 Å². The van der Waals surface area contributed by atoms with Gasteiger partial charge in [-0.3, -0.25) is 19.3 Å². The zero-order valence-corrected chi connectivity index (χ0v) is 24.4. The lowest BCUT2D eigenvalue weighted by Crippen LogP contribution is -2.63. The van der Waals surface area contributed by atoms with Gasteiger partial charge in [-0.2, -0.15) is 0 Å². The second-order valence-corrected chi connectivity index (χ2v) is 11.5. The first-order chi connectivity index (χ1) is 19.7. The predicted molar refractivity (Wildman–Crippen MR) is 151 cm³/mol. The molecule has 1 aromatic rings. The molecule has 3 aliphatic rings. The van der Waals surface area contributed by atoms with Crippen molar-refractivity contribution in [3.05, 3.63) is 45.4 Å². The number of benzene rings is 1. The van der Waals surface area contributed by atoms with Crippen molar-refractivity contribution in [3.8, 4) is 5.75 Å². The van der Waals surface area contributed by atoms with Crippen LogP contribution in [0.15, 0.2) is 28.7 Å². The van der Waals surface area contributed by atoms with Gasteiger partial charge in [-0.25, -0.2) is 4.79 Å². The van der Waals surface area contributed by atoms with Gasteiger partial charge >= 0.3 is 6.09 Å². The highest BCUT2D eigenvalue weighted by Crippen LogP contribution is 2.53. The number of alkyl carbamates (subject to hydrolysis) is 1. The summed E-state index contributed by atoms with van der Waals surface area (Å²) in [6.07, 6.45) is 0.995. The smallest absolute Gasteiger partial charge is 0.407 e. The van der Waals surface area contributed by atoms with Crippen LogP contribution in [0, 0.1) is 11.8 Å². The number of aromatic hydroxyl groups is 1. The topological polar surface area (TPSA) is 203 Å². The average Bonchev–Trinajstić information content (AvgIpc) is 2.89. The third-order valence-corrected chi connectivity index (χ3v) is 8.41. The van der Waals surface area contributed by atoms with E-state index in [1.807, 2.05) is 6.92 Å². The molecule has 4 rings (SSSR count). The number of phenolic OH excluding ortho intramolecular Hbond substituents is 1. The first-order valence-electron chi connectivity index (χ1n) is 13.8. The molecular formula is C29H38N4O9. The number of anilines is 1. The number of nitrogens with two attached hydrogens (primary N) is 1. The molecule has 13 nitrogen and oxygen atoms in total. The number of Topliss-reactive ketones (excluding diaryl/α,β-unsaturated/α-hetero) is 2. The Kier molecular flexibility index (Phi) is 8.29. The Hall–Kier alpha value is -4.10. The van der Waals surface area contributed by atoms with Crippen molar-refractivity contribution < 1.29 is 44.3 Å². The Labute approximate surface area is 243 Å². The van der Waals surface area contributed by atoms with Crippen molar-refractivity contribution in [2.75, 3.05) is 39.7 Å². The molecule has 0 saturated heterocycles. The number of hydrogen-bond acceptors (Lipinski definition) is 11. The van der Waals surface area contributed by atoms with Crippen LogP contribution in [0.1, 0.15) is 47.7 Å². The van der Waals surface area contributed by atoms with E-state index in [1.54, 1.807) is 39.2 Å². The third kappa shape index (κ3) is 4.75. The Morgan fingerprint density at radius 1 is 1.17 bits per heavy atom. The zero-order valence-electron chi connectivity index (χ0n) is 24.4. The molecule has 0 aromatic heterocycles. The molecule has 13 heteroatoms. The summed E-state index contributed by atoms with van der Waals surface area (Å²) in [5.41, 5.74) is 2.72. The molecule has 7 N–H and O–H groups in total. The largest absolute Gasteiger partial charge is 0.510 e. The molecule has 0 fully saturated rings. The molecular weight excluding hydrogens is 548 g/mol. The van der Waals surface area contributed by atoms with Gasteiger partial charge in [-0.1, -0.05) is 13.3 Å². The van der Waals surface area contributed by atoms with Crippen LogP contribution >= 0.6 is 0 Å². The van der Waals surface area contributed by atoms with Crippen LogP contribution in [-0.2, 0) is 27.3 Å². The summed E-state index contributed by atoms with van der Waals surface area (Å²) in [5.74, 6) is -7.15. The van der Waals surface area contributed by atoms with Gasteiger partial charge in [0.25, 0.3) is 5.91 Å². The van der Waals surface area contributed by atoms with Crippen molar-refractivity contribution in [2.24, 2.45) is 17.6 Å². The quantitative estimate of drug-likeness (QED) is 0.189. The number of fused-ring (bicyclic) bond motifs is 3. The van der Waals surface area contributed by atoms with E-state index in [-0.39, 0.29) is 42.7 Å². The first-order valence-corrected chi connectivity index (χ1v) is 13.8. The number of unbranched alkanes of at least 4 members (excludes halogenated alkanes) is 1. The minimum absolute atomic E-state index is 0.00764. The number of carbonyl (C=O) groups is 4. The van der Waals surface area contributed by atoms with Gasteiger partial charge in [0.05, 0.1) is 18.2 Å². The molecule has 1 unspecified atom stereocenters. The van der Waals surface area contributed by atoms with Crippen molar-refractivity contribution in [2.45, 2.75) is 50.8 Å². The number of hydrogen-bond donors (Lipinski definition) is 6. The van der Waals surface area contributed by atoms with E-state index in [1.165, 1.54) is 4.90 Å². The maximum Gasteiger partial charge on any atom is 0.407 e. The fraction of sp³-hybridized carbons (Fsp3) is 0.517. The molecule has 4 atom stereocenters. The van der Waals surface area contributed by atoms with E-state index >= 15 is 0 Å². The van der Waals surface area contributed by atoms with Gasteiger partial charge in [0.1, 0.15) is 22.8 Å². The number of carbonyl (C=O) groups excluding carboxylic acids is 4. The normalized spacial score (nSPS) is 25.2. The predicted octanol–water partition coefficient (Wildman–Crippen LogP) is 1.21. The van der Waals surface area contributed by atoms with Crippen LogP contribution in [0.3, 0.4) is 0 Å². The van der Waals surface area contributed by atoms with Gasteiger partial charge in [-0.15, -0.1) is 0 Å². The Balaban J connectivity index is 1.83. The van der Waals surface area contributed by atoms with Crippen molar-refractivity contribution in [1.82, 2.24) is 10.2 Å². The molecule has 42 heavy (non-hydrogen) atoms. The van der Waals surface area contributed by atoms with E-state index < -0.39 is 69.9 Å². The number of phenols is 1. The second-order valence-electron chi connectivity index (χ2n) is 11.5. The third-order valence-electron chi connectivity index (χ3n) is 8.41. The van der Waals surface area contributed by atoms with Gasteiger partial charge in [-0.05, 0) is 50.9 Å². The Bertz CT molecular complexity index is 1410. The van der Waals surface area contributed by atoms with Crippen molar-refractivity contribution in [3.63, 3.8) is 0 Å². The molecule has 0 saturated carbocycles. The lowest BCUT2D eigenvalue weighted by atomic mass is 9.58. The standard InChI is InChI=1S/C29H38N4O9/c1-6-7-8-42-28(40)31-12-14-11-17(32(2)3)15-9-13-10-16-21(33(4)5)24(36)20(27(30)39)26(38)29(16,41)25(37)18(13)23(35)19(15)22(14)34/h11,13,16,21,34,36-37,41H,6-10,12H2,1-5H3,(H2,30,39)(H,31,40)/t13-,16-,21?,29-/m0/s1. The second kappa shape index (κ2) is 11.3. The molecule has 1 aromatic carbocycles. The number of nitrogens with zero attached hydrogens (tertiary/aromatic N) is 2. The van der Waals surface area contributed by atoms with Crippen LogP contribution in [-0.4, -0.2) is 95.3 Å². The van der Waals surface area contributed by atoms with E-state index in [0.29, 0.717) is 17.7 Å². The van der Waals surface area contributed by atoms with E-state index in [4.69, 9.17) is 10.5 Å². The number of amides is 2. The molecule has 0 radical (unpaired) electrons. The Morgan fingerprint density at radius 3 is 2.40 bits per heavy atom. The fourth-order valence-corrected chi connectivity index (χ4v) is 6.41. The van der Waals surface area contributed by atoms with Gasteiger partial charge in [0.15, 0.2) is 11.4 Å². The first kappa shape index (κ1) is 30.8. The van der Waals surface area contributed by atoms with Crippen LogP contribution in [0.4, 0.5) is 10.5 Å². The van der Waals surface area contributed by atoms with Crippen LogP contribution in [0.25, 0.3) is 0 Å². The number of primary amides is 1. The number of aliphatic hydroxyl groups is 3. The number of nitrogens with one attached hydrogen (secondary N) is 1. The maximum absolute atomic E-state index is 14.0. The van der Waals surface area contributed by atoms with Crippen LogP contribution in [0.2, 0.25) is 0 Å². The summed E-state index contributed by atoms with van der Waals surface area (Å²) >= 11 is 0. The molecule has 0 aliphatic heterocycles. The lowest BCUT2D eigenvalue weighted by molar-refractivity contribution is -0.148. The number of allylic oxidation sites excluding steroid dienone is 1. The van der Waals surface area contributed by atoms with Gasteiger partial charge in [0.2, 0.25) is 5.78 Å². The molecule has 2 amide bonds. The molecule has 0 heterocycles. The Morgan fingerprint density at radius 2 is 1.83 bits per heavy atom. The zero-order chi connectivity index (χ0) is 31.3. The van der Waals surface area contributed by atoms with Gasteiger partial charge in [0, 0.05) is 43.4 Å². The van der Waals surface area contributed by atoms with E-state index in [9.17, 15) is 39.6 Å². The summed E-state index contributed by atoms with van der Waals surface area (Å²) in [4.78, 5) is 55.0. The summed E-state index contributed by atoms with van der Waals surface area (Å²) < 4.78 is 5.10. The van der Waals surface area contributed by atoms with Crippen LogP contribution in [0.5, 0.6) is 5.75 Å². The molecule has 0 bridgehead atoms. The number of likely N-dealkylation sites (N-methyl/N-ethyl adjacent to an activating group) is 1. The molecule has 3 aliphatic carbocycles. The SMILES string of the molecule is CCCCOC(=O)NCc1cc(N(C)C)c2c(c1O)C(=O)C1=C(O)[C@]3(O)C(=O)C(C(N)=O)=C(O)C(N(C)C)[C@@H]3C[C@@H]1C2. The molecule has 228 valence electrons. The van der Waals surface area contributed by atoms with E-state index in [0.717, 1.165) is 6.42 Å². The van der Waals surface area contributed by atoms with Gasteiger partial charge < -0.3 is 41.1 Å². The van der Waals surface area contributed by atoms with Crippen LogP contribution < -0.4 is 16.0 Å². The highest BCUT2D eigenvalue weighted by atomic mass is 16.5. The summed E-state index contributed by atoms with van der Waals surface area (Å²) in [5, 5.41) is 47.9. The lowest BCUT2D eigenvalue weighted by Gasteiger charge is -2.50. The highest BCUT2D eigenvalue weighted by molar-refractivity contribution is 6.25. The minimum Gasteiger partial charge on any atom is -0.510 e. The number of ketones is 2. The van der Waals surface area contributed by atoms with Crippen molar-refractivity contribution >= 4 is 29.3 Å². The van der Waals surface area contributed by atoms with E-state index in [2.05, 4.69) is 5.32 Å². The fourth-order valence-electron chi connectivity index (χ4n) is 6.41. The highest BCUT2D eigenvalue weighted by Gasteiger charge is 2.63. The number of aliphatic hydroxyl groups excluding tert-OH is 2. The summed E-state index contributed by atoms with van der Waals surface area (Å²) in [7, 11) is 6.66. The average molecular weight is 587 g/mol. The minimum atomic E-state index is -2.72. The molecule has 0 spiro atoms. The maximum atomic E-state index is 14.0. The number of rotatable bonds is 8.